The Morgan fingerprint density at radius 2 is 2.11 bits per heavy atom. The van der Waals surface area contributed by atoms with Gasteiger partial charge in [0.1, 0.15) is 0 Å². The van der Waals surface area contributed by atoms with Crippen molar-refractivity contribution >= 4 is 5.97 Å². The van der Waals surface area contributed by atoms with Crippen LogP contribution in [0.3, 0.4) is 0 Å². The second-order valence-corrected chi connectivity index (χ2v) is 4.00. The highest BCUT2D eigenvalue weighted by Gasteiger charge is 2.56. The number of hydrogen-bond donors (Lipinski definition) is 1. The van der Waals surface area contributed by atoms with Gasteiger partial charge >= 0.3 is 18.2 Å². The predicted octanol–water partition coefficient (Wildman–Crippen LogP) is 1.62. The van der Waals surface area contributed by atoms with Crippen molar-refractivity contribution in [1.82, 2.24) is 9.97 Å². The lowest BCUT2D eigenvalue weighted by Gasteiger charge is -2.16. The molecule has 1 aliphatic carbocycles. The van der Waals surface area contributed by atoms with Crippen LogP contribution in [-0.2, 0) is 16.4 Å². The van der Waals surface area contributed by atoms with Gasteiger partial charge < -0.3 is 9.84 Å². The van der Waals surface area contributed by atoms with E-state index in [1.54, 1.807) is 0 Å². The van der Waals surface area contributed by atoms with Crippen molar-refractivity contribution in [3.05, 3.63) is 17.5 Å². The number of alkyl halides is 3. The molecule has 1 fully saturated rings. The van der Waals surface area contributed by atoms with E-state index < -0.39 is 34.8 Å². The molecular formula is C10H9F3N2O3. The Bertz CT molecular complexity index is 498. The molecular weight excluding hydrogens is 253 g/mol. The number of carboxylic acid groups (broad SMARTS) is 1. The lowest BCUT2D eigenvalue weighted by atomic mass is 9.96. The molecule has 0 radical (unpaired) electrons. The number of aliphatic carboxylic acids is 1. The molecule has 0 amide bonds. The Balaban J connectivity index is 2.58. The van der Waals surface area contributed by atoms with E-state index in [0.29, 0.717) is 0 Å². The summed E-state index contributed by atoms with van der Waals surface area (Å²) in [7, 11) is 1.14. The molecule has 1 heterocycles. The molecule has 1 saturated carbocycles. The number of aromatic nitrogens is 2. The summed E-state index contributed by atoms with van der Waals surface area (Å²) in [4.78, 5) is 17.9. The van der Waals surface area contributed by atoms with Crippen LogP contribution >= 0.6 is 0 Å². The van der Waals surface area contributed by atoms with E-state index in [9.17, 15) is 18.0 Å². The van der Waals surface area contributed by atoms with Crippen molar-refractivity contribution < 1.29 is 27.8 Å². The summed E-state index contributed by atoms with van der Waals surface area (Å²) in [5, 5.41) is 9.02. The molecule has 1 N–H and O–H groups in total. The van der Waals surface area contributed by atoms with E-state index in [4.69, 9.17) is 5.11 Å². The summed E-state index contributed by atoms with van der Waals surface area (Å²) < 4.78 is 43.1. The molecule has 0 bridgehead atoms. The Morgan fingerprint density at radius 3 is 2.50 bits per heavy atom. The minimum atomic E-state index is -4.74. The SMILES string of the molecule is COc1ncc(C2(C(=O)O)CC2)c(C(F)(F)F)n1. The van der Waals surface area contributed by atoms with Gasteiger partial charge in [0.25, 0.3) is 0 Å². The van der Waals surface area contributed by atoms with Gasteiger partial charge in [-0.3, -0.25) is 4.79 Å². The number of carbonyl (C=O) groups is 1. The van der Waals surface area contributed by atoms with E-state index in [1.807, 2.05) is 0 Å². The van der Waals surface area contributed by atoms with Gasteiger partial charge in [-0.1, -0.05) is 0 Å². The smallest absolute Gasteiger partial charge is 0.433 e. The standard InChI is InChI=1S/C10H9F3N2O3/c1-18-8-14-4-5(6(15-8)10(11,12)13)9(2-3-9)7(16)17/h4H,2-3H2,1H3,(H,16,17). The highest BCUT2D eigenvalue weighted by Crippen LogP contribution is 2.51. The van der Waals surface area contributed by atoms with Gasteiger partial charge in [-0.15, -0.1) is 0 Å². The average molecular weight is 262 g/mol. The maximum absolute atomic E-state index is 12.8. The number of halogens is 3. The number of carboxylic acids is 1. The number of methoxy groups -OCH3 is 1. The number of rotatable bonds is 3. The molecule has 1 aromatic heterocycles. The zero-order valence-corrected chi connectivity index (χ0v) is 9.28. The lowest BCUT2D eigenvalue weighted by molar-refractivity contribution is -0.144. The third kappa shape index (κ3) is 1.87. The normalized spacial score (nSPS) is 17.3. The largest absolute Gasteiger partial charge is 0.481 e. The lowest BCUT2D eigenvalue weighted by Crippen LogP contribution is -2.25. The van der Waals surface area contributed by atoms with Crippen molar-refractivity contribution in [3.8, 4) is 6.01 Å². The van der Waals surface area contributed by atoms with Crippen LogP contribution in [0.4, 0.5) is 13.2 Å². The van der Waals surface area contributed by atoms with Crippen LogP contribution in [0.25, 0.3) is 0 Å². The highest BCUT2D eigenvalue weighted by molar-refractivity contribution is 5.85. The average Bonchev–Trinajstić information content (AvgIpc) is 3.08. The summed E-state index contributed by atoms with van der Waals surface area (Å²) >= 11 is 0. The maximum atomic E-state index is 12.8. The van der Waals surface area contributed by atoms with Crippen LogP contribution in [0.1, 0.15) is 24.1 Å². The summed E-state index contributed by atoms with van der Waals surface area (Å²) in [6.45, 7) is 0. The number of nitrogens with zero attached hydrogens (tertiary/aromatic N) is 2. The minimum absolute atomic E-state index is 0.154. The number of hydrogen-bond acceptors (Lipinski definition) is 4. The van der Waals surface area contributed by atoms with Crippen molar-refractivity contribution in [2.45, 2.75) is 24.4 Å². The van der Waals surface area contributed by atoms with Gasteiger partial charge in [0.05, 0.1) is 12.5 Å². The van der Waals surface area contributed by atoms with E-state index in [0.717, 1.165) is 13.3 Å². The van der Waals surface area contributed by atoms with Crippen molar-refractivity contribution in [2.24, 2.45) is 0 Å². The summed E-state index contributed by atoms with van der Waals surface area (Å²) in [6, 6.07) is -0.438. The quantitative estimate of drug-likeness (QED) is 0.896. The Hall–Kier alpha value is -1.86. The first-order chi connectivity index (χ1) is 8.31. The molecule has 1 aliphatic rings. The Morgan fingerprint density at radius 1 is 1.50 bits per heavy atom. The second kappa shape index (κ2) is 3.82. The highest BCUT2D eigenvalue weighted by atomic mass is 19.4. The van der Waals surface area contributed by atoms with Crippen LogP contribution in [0.5, 0.6) is 6.01 Å². The molecule has 0 atom stereocenters. The van der Waals surface area contributed by atoms with Crippen molar-refractivity contribution in [3.63, 3.8) is 0 Å². The fourth-order valence-electron chi connectivity index (χ4n) is 1.75. The molecule has 0 aliphatic heterocycles. The fourth-order valence-corrected chi connectivity index (χ4v) is 1.75. The van der Waals surface area contributed by atoms with E-state index in [2.05, 4.69) is 14.7 Å². The molecule has 18 heavy (non-hydrogen) atoms. The molecule has 2 rings (SSSR count). The molecule has 5 nitrogen and oxygen atoms in total. The zero-order chi connectivity index (χ0) is 13.6. The monoisotopic (exact) mass is 262 g/mol. The fraction of sp³-hybridized carbons (Fsp3) is 0.500. The zero-order valence-electron chi connectivity index (χ0n) is 9.28. The maximum Gasteiger partial charge on any atom is 0.433 e. The summed E-state index contributed by atoms with van der Waals surface area (Å²) in [5.41, 5.74) is -3.14. The molecule has 0 aromatic carbocycles. The molecule has 98 valence electrons. The van der Waals surface area contributed by atoms with E-state index in [-0.39, 0.29) is 12.8 Å². The molecule has 1 aromatic rings. The third-order valence-corrected chi connectivity index (χ3v) is 2.89. The first-order valence-corrected chi connectivity index (χ1v) is 5.03. The van der Waals surface area contributed by atoms with Crippen molar-refractivity contribution in [1.29, 1.82) is 0 Å². The van der Waals surface area contributed by atoms with E-state index >= 15 is 0 Å². The van der Waals surface area contributed by atoms with Gasteiger partial charge in [-0.05, 0) is 12.8 Å². The van der Waals surface area contributed by atoms with Gasteiger partial charge in [-0.25, -0.2) is 4.98 Å². The minimum Gasteiger partial charge on any atom is -0.481 e. The summed E-state index contributed by atoms with van der Waals surface area (Å²) in [5.74, 6) is -1.29. The van der Waals surface area contributed by atoms with Crippen molar-refractivity contribution in [2.75, 3.05) is 7.11 Å². The first kappa shape index (κ1) is 12.6. The van der Waals surface area contributed by atoms with Gasteiger partial charge in [0, 0.05) is 11.8 Å². The first-order valence-electron chi connectivity index (χ1n) is 5.03. The van der Waals surface area contributed by atoms with Gasteiger partial charge in [-0.2, -0.15) is 18.2 Å². The molecule has 0 unspecified atom stereocenters. The second-order valence-electron chi connectivity index (χ2n) is 4.00. The van der Waals surface area contributed by atoms with Crippen LogP contribution < -0.4 is 4.74 Å². The number of ether oxygens (including phenoxy) is 1. The van der Waals surface area contributed by atoms with Crippen LogP contribution in [-0.4, -0.2) is 28.2 Å². The van der Waals surface area contributed by atoms with Crippen LogP contribution in [0.15, 0.2) is 6.20 Å². The van der Waals surface area contributed by atoms with Crippen LogP contribution in [0.2, 0.25) is 0 Å². The van der Waals surface area contributed by atoms with Gasteiger partial charge in [0.2, 0.25) is 0 Å². The van der Waals surface area contributed by atoms with E-state index in [1.165, 1.54) is 0 Å². The molecule has 0 saturated heterocycles. The Labute approximate surface area is 99.6 Å². The molecule has 0 spiro atoms. The molecule has 8 heteroatoms. The third-order valence-electron chi connectivity index (χ3n) is 2.89. The Kier molecular flexibility index (Phi) is 2.67. The summed E-state index contributed by atoms with van der Waals surface area (Å²) in [6.07, 6.45) is -3.55. The predicted molar refractivity (Wildman–Crippen MR) is 52.1 cm³/mol. The van der Waals surface area contributed by atoms with Gasteiger partial charge in [0.15, 0.2) is 5.69 Å². The van der Waals surface area contributed by atoms with Crippen LogP contribution in [0, 0.1) is 0 Å². The topological polar surface area (TPSA) is 72.3 Å².